The Kier molecular flexibility index (Phi) is 5.82. The van der Waals surface area contributed by atoms with E-state index in [4.69, 9.17) is 14.5 Å². The normalized spacial score (nSPS) is 18.1. The van der Waals surface area contributed by atoms with Crippen LogP contribution in [0.15, 0.2) is 55.0 Å². The number of ether oxygens (including phenoxy) is 2. The highest BCUT2D eigenvalue weighted by Gasteiger charge is 2.26. The van der Waals surface area contributed by atoms with Gasteiger partial charge >= 0.3 is 0 Å². The number of fused-ring (bicyclic) bond motifs is 1. The molecule has 7 nitrogen and oxygen atoms in total. The highest BCUT2D eigenvalue weighted by molar-refractivity contribution is 5.82. The van der Waals surface area contributed by atoms with Crippen molar-refractivity contribution in [2.45, 2.75) is 38.3 Å². The van der Waals surface area contributed by atoms with Gasteiger partial charge in [-0.15, -0.1) is 0 Å². The summed E-state index contributed by atoms with van der Waals surface area (Å²) in [5.41, 5.74) is 4.98. The highest BCUT2D eigenvalue weighted by Crippen LogP contribution is 2.37. The van der Waals surface area contributed by atoms with Crippen molar-refractivity contribution in [2.75, 3.05) is 25.2 Å². The molecule has 1 saturated carbocycles. The summed E-state index contributed by atoms with van der Waals surface area (Å²) in [4.78, 5) is 11.7. The molecular weight excluding hydrogens is 445 g/mol. The summed E-state index contributed by atoms with van der Waals surface area (Å²) >= 11 is 0. The van der Waals surface area contributed by atoms with Crippen LogP contribution in [-0.2, 0) is 4.74 Å². The van der Waals surface area contributed by atoms with E-state index in [1.54, 1.807) is 19.4 Å². The van der Waals surface area contributed by atoms with Crippen LogP contribution in [0.1, 0.15) is 38.3 Å². The van der Waals surface area contributed by atoms with Gasteiger partial charge in [0.05, 0.1) is 36.2 Å². The van der Waals surface area contributed by atoms with E-state index in [1.807, 2.05) is 41.3 Å². The van der Waals surface area contributed by atoms with Crippen molar-refractivity contribution in [3.05, 3.63) is 60.8 Å². The van der Waals surface area contributed by atoms with Gasteiger partial charge in [-0.1, -0.05) is 0 Å². The fourth-order valence-electron chi connectivity index (χ4n) is 4.61. The maximum atomic E-state index is 14.3. The van der Waals surface area contributed by atoms with Crippen LogP contribution in [0.25, 0.3) is 22.3 Å². The van der Waals surface area contributed by atoms with Crippen LogP contribution in [0.3, 0.4) is 0 Å². The molecule has 0 N–H and O–H groups in total. The summed E-state index contributed by atoms with van der Waals surface area (Å²) in [6.07, 6.45) is 11.2. The van der Waals surface area contributed by atoms with Crippen molar-refractivity contribution in [3.63, 3.8) is 0 Å². The lowest BCUT2D eigenvalue weighted by atomic mass is 10.1. The van der Waals surface area contributed by atoms with Gasteiger partial charge in [0.1, 0.15) is 17.8 Å². The van der Waals surface area contributed by atoms with Crippen LogP contribution in [-0.4, -0.2) is 40.0 Å². The third-order valence-corrected chi connectivity index (χ3v) is 6.73. The summed E-state index contributed by atoms with van der Waals surface area (Å²) in [7, 11) is 1.56. The van der Waals surface area contributed by atoms with Crippen molar-refractivity contribution in [2.24, 2.45) is 5.92 Å². The van der Waals surface area contributed by atoms with Gasteiger partial charge in [-0.05, 0) is 62.3 Å². The van der Waals surface area contributed by atoms with E-state index in [1.165, 1.54) is 18.9 Å². The number of aromatic nitrogens is 4. The molecule has 0 radical (unpaired) electrons. The van der Waals surface area contributed by atoms with Crippen LogP contribution in [0.5, 0.6) is 5.75 Å². The van der Waals surface area contributed by atoms with Crippen molar-refractivity contribution in [1.29, 1.82) is 0 Å². The van der Waals surface area contributed by atoms with Gasteiger partial charge in [-0.2, -0.15) is 5.10 Å². The minimum Gasteiger partial charge on any atom is -0.497 e. The van der Waals surface area contributed by atoms with Crippen LogP contribution in [0, 0.1) is 11.7 Å². The monoisotopic (exact) mass is 473 g/mol. The van der Waals surface area contributed by atoms with E-state index in [0.717, 1.165) is 66.1 Å². The number of hydrogen-bond acceptors (Lipinski definition) is 6. The van der Waals surface area contributed by atoms with Gasteiger partial charge in [0.15, 0.2) is 0 Å². The molecule has 2 aliphatic rings. The molecule has 180 valence electrons. The molecule has 1 saturated heterocycles. The molecule has 1 aliphatic carbocycles. The molecule has 0 amide bonds. The molecule has 0 spiro atoms. The largest absolute Gasteiger partial charge is 0.497 e. The molecule has 1 unspecified atom stereocenters. The predicted octanol–water partition coefficient (Wildman–Crippen LogP) is 5.89. The minimum absolute atomic E-state index is 0.0169. The Hall–Kier alpha value is -3.52. The molecule has 6 rings (SSSR count). The molecule has 3 heterocycles. The summed E-state index contributed by atoms with van der Waals surface area (Å²) < 4.78 is 27.4. The van der Waals surface area contributed by atoms with Gasteiger partial charge in [0.25, 0.3) is 0 Å². The van der Waals surface area contributed by atoms with E-state index in [0.29, 0.717) is 11.7 Å². The fourth-order valence-corrected chi connectivity index (χ4v) is 4.61. The number of methoxy groups -OCH3 is 1. The molecule has 1 aliphatic heterocycles. The van der Waals surface area contributed by atoms with E-state index < -0.39 is 0 Å². The van der Waals surface area contributed by atoms with E-state index in [2.05, 4.69) is 15.0 Å². The molecular formula is C27H28FN5O2. The summed E-state index contributed by atoms with van der Waals surface area (Å²) in [5, 5.41) is 4.51. The zero-order chi connectivity index (χ0) is 23.8. The molecule has 2 aromatic heterocycles. The third kappa shape index (κ3) is 4.71. The summed E-state index contributed by atoms with van der Waals surface area (Å²) in [5.74, 6) is 0.787. The standard InChI is InChI=1S/C27H28FN5O2/c1-34-23-11-20(28)10-22(12-23)32(16-18-5-6-18)21-7-8-24-25(13-21)31-26(15-29-24)19-14-30-33(17-19)27-4-2-3-9-35-27/h7-8,10-15,17-18,27H,2-6,9,16H2,1H3. The number of benzene rings is 2. The Morgan fingerprint density at radius 1 is 1.06 bits per heavy atom. The maximum absolute atomic E-state index is 14.3. The first-order valence-electron chi connectivity index (χ1n) is 12.2. The Labute approximate surface area is 203 Å². The van der Waals surface area contributed by atoms with Crippen LogP contribution < -0.4 is 9.64 Å². The summed E-state index contributed by atoms with van der Waals surface area (Å²) in [6.45, 7) is 1.59. The maximum Gasteiger partial charge on any atom is 0.150 e. The van der Waals surface area contributed by atoms with E-state index >= 15 is 0 Å². The van der Waals surface area contributed by atoms with Crippen LogP contribution in [0.4, 0.5) is 15.8 Å². The predicted molar refractivity (Wildman–Crippen MR) is 132 cm³/mol. The first-order chi connectivity index (χ1) is 17.2. The molecule has 2 aromatic carbocycles. The van der Waals surface area contributed by atoms with Gasteiger partial charge in [-0.3, -0.25) is 4.98 Å². The Bertz CT molecular complexity index is 1350. The topological polar surface area (TPSA) is 65.3 Å². The number of halogens is 1. The van der Waals surface area contributed by atoms with Crippen LogP contribution in [0.2, 0.25) is 0 Å². The fraction of sp³-hybridized carbons (Fsp3) is 0.370. The SMILES string of the molecule is COc1cc(F)cc(N(CC2CC2)c2ccc3ncc(-c4cnn(C5CCCCO5)c4)nc3c2)c1. The van der Waals surface area contributed by atoms with Crippen molar-refractivity contribution in [3.8, 4) is 17.0 Å². The second kappa shape index (κ2) is 9.26. The van der Waals surface area contributed by atoms with Crippen molar-refractivity contribution >= 4 is 22.4 Å². The average Bonchev–Trinajstić information content (AvgIpc) is 3.59. The zero-order valence-corrected chi connectivity index (χ0v) is 19.7. The van der Waals surface area contributed by atoms with Gasteiger partial charge in [-0.25, -0.2) is 14.1 Å². The summed E-state index contributed by atoms with van der Waals surface area (Å²) in [6, 6.07) is 10.8. The zero-order valence-electron chi connectivity index (χ0n) is 19.7. The number of anilines is 2. The Morgan fingerprint density at radius 3 is 2.77 bits per heavy atom. The molecule has 2 fully saturated rings. The van der Waals surface area contributed by atoms with E-state index in [-0.39, 0.29) is 12.0 Å². The van der Waals surface area contributed by atoms with Gasteiger partial charge in [0, 0.05) is 48.4 Å². The molecule has 35 heavy (non-hydrogen) atoms. The quantitative estimate of drug-likeness (QED) is 0.334. The lowest BCUT2D eigenvalue weighted by Crippen LogP contribution is -2.20. The average molecular weight is 474 g/mol. The number of nitrogens with zero attached hydrogens (tertiary/aromatic N) is 5. The molecule has 1 atom stereocenters. The second-order valence-electron chi connectivity index (χ2n) is 9.36. The second-order valence-corrected chi connectivity index (χ2v) is 9.36. The molecule has 0 bridgehead atoms. The van der Waals surface area contributed by atoms with E-state index in [9.17, 15) is 4.39 Å². The molecule has 4 aromatic rings. The van der Waals surface area contributed by atoms with Gasteiger partial charge < -0.3 is 14.4 Å². The Balaban J connectivity index is 1.34. The van der Waals surface area contributed by atoms with Crippen molar-refractivity contribution < 1.29 is 13.9 Å². The Morgan fingerprint density at radius 2 is 1.97 bits per heavy atom. The van der Waals surface area contributed by atoms with Crippen molar-refractivity contribution in [1.82, 2.24) is 19.7 Å². The minimum atomic E-state index is -0.318. The molecule has 8 heteroatoms. The number of rotatable bonds is 7. The first-order valence-corrected chi connectivity index (χ1v) is 12.2. The van der Waals surface area contributed by atoms with Gasteiger partial charge in [0.2, 0.25) is 0 Å². The first kappa shape index (κ1) is 22.0. The lowest BCUT2D eigenvalue weighted by Gasteiger charge is -2.26. The highest BCUT2D eigenvalue weighted by atomic mass is 19.1. The lowest BCUT2D eigenvalue weighted by molar-refractivity contribution is -0.0394. The smallest absolute Gasteiger partial charge is 0.150 e. The number of hydrogen-bond donors (Lipinski definition) is 0. The van der Waals surface area contributed by atoms with Crippen LogP contribution >= 0.6 is 0 Å². The third-order valence-electron chi connectivity index (χ3n) is 6.73.